The van der Waals surface area contributed by atoms with E-state index in [9.17, 15) is 5.11 Å². The van der Waals surface area contributed by atoms with Crippen LogP contribution in [0.5, 0.6) is 5.75 Å². The fraction of sp³-hybridized carbons (Fsp3) is 0.250. The van der Waals surface area contributed by atoms with Crippen LogP contribution in [0.1, 0.15) is 24.3 Å². The van der Waals surface area contributed by atoms with E-state index in [1.165, 1.54) is 0 Å². The maximum atomic E-state index is 10.8. The van der Waals surface area contributed by atoms with Crippen molar-refractivity contribution in [1.29, 1.82) is 0 Å². The molecule has 0 saturated heterocycles. The molecule has 0 bridgehead atoms. The second-order valence-electron chi connectivity index (χ2n) is 4.74. The molecule has 108 valence electrons. The van der Waals surface area contributed by atoms with E-state index in [1.807, 2.05) is 37.3 Å². The highest BCUT2D eigenvalue weighted by Crippen LogP contribution is 2.32. The molecule has 2 aromatic heterocycles. The Labute approximate surface area is 122 Å². The van der Waals surface area contributed by atoms with Crippen LogP contribution in [-0.2, 0) is 6.54 Å². The second-order valence-corrected chi connectivity index (χ2v) is 4.74. The van der Waals surface area contributed by atoms with Crippen LogP contribution in [0.2, 0.25) is 0 Å². The zero-order chi connectivity index (χ0) is 14.8. The van der Waals surface area contributed by atoms with E-state index in [0.717, 1.165) is 16.5 Å². The van der Waals surface area contributed by atoms with Gasteiger partial charge in [0, 0.05) is 23.7 Å². The van der Waals surface area contributed by atoms with Crippen LogP contribution in [0, 0.1) is 0 Å². The predicted octanol–water partition coefficient (Wildman–Crippen LogP) is 2.54. The highest BCUT2D eigenvalue weighted by atomic mass is 16.5. The number of methoxy groups -OCH3 is 1. The molecular formula is C16H17N3O2. The van der Waals surface area contributed by atoms with Crippen molar-refractivity contribution in [2.24, 2.45) is 0 Å². The molecule has 5 heteroatoms. The Morgan fingerprint density at radius 1 is 1.29 bits per heavy atom. The van der Waals surface area contributed by atoms with Crippen LogP contribution in [0.25, 0.3) is 10.9 Å². The van der Waals surface area contributed by atoms with Crippen LogP contribution in [0.15, 0.2) is 42.7 Å². The minimum Gasteiger partial charge on any atom is -0.493 e. The third kappa shape index (κ3) is 2.25. The third-order valence-corrected chi connectivity index (χ3v) is 3.58. The van der Waals surface area contributed by atoms with E-state index in [1.54, 1.807) is 24.2 Å². The van der Waals surface area contributed by atoms with E-state index in [4.69, 9.17) is 4.74 Å². The number of aromatic nitrogens is 3. The van der Waals surface area contributed by atoms with Gasteiger partial charge in [-0.15, -0.1) is 0 Å². The SMILES string of the molecule is CCn1ncc(OC)c1C(O)c1cccc2cccnc12. The Bertz CT molecular complexity index is 740. The Kier molecular flexibility index (Phi) is 3.58. The van der Waals surface area contributed by atoms with Crippen LogP contribution in [-0.4, -0.2) is 27.0 Å². The van der Waals surface area contributed by atoms with Gasteiger partial charge in [0.25, 0.3) is 0 Å². The summed E-state index contributed by atoms with van der Waals surface area (Å²) >= 11 is 0. The number of ether oxygens (including phenoxy) is 1. The number of pyridine rings is 1. The Morgan fingerprint density at radius 3 is 2.86 bits per heavy atom. The second kappa shape index (κ2) is 5.54. The van der Waals surface area contributed by atoms with E-state index in [2.05, 4.69) is 10.1 Å². The Hall–Kier alpha value is -2.40. The summed E-state index contributed by atoms with van der Waals surface area (Å²) in [4.78, 5) is 4.39. The normalized spacial score (nSPS) is 12.5. The van der Waals surface area contributed by atoms with Gasteiger partial charge in [-0.1, -0.05) is 24.3 Å². The van der Waals surface area contributed by atoms with Crippen molar-refractivity contribution in [2.45, 2.75) is 19.6 Å². The monoisotopic (exact) mass is 283 g/mol. The van der Waals surface area contributed by atoms with Crippen molar-refractivity contribution in [3.8, 4) is 5.75 Å². The number of aryl methyl sites for hydroxylation is 1. The molecule has 1 aromatic carbocycles. The number of aliphatic hydroxyl groups is 1. The van der Waals surface area contributed by atoms with Gasteiger partial charge in [0.2, 0.25) is 0 Å². The van der Waals surface area contributed by atoms with Crippen LogP contribution in [0.4, 0.5) is 0 Å². The van der Waals surface area contributed by atoms with Gasteiger partial charge in [-0.05, 0) is 13.0 Å². The van der Waals surface area contributed by atoms with Crippen molar-refractivity contribution in [3.63, 3.8) is 0 Å². The van der Waals surface area contributed by atoms with Gasteiger partial charge in [-0.2, -0.15) is 5.10 Å². The number of fused-ring (bicyclic) bond motifs is 1. The summed E-state index contributed by atoms with van der Waals surface area (Å²) in [5, 5.41) is 16.1. The number of aliphatic hydroxyl groups excluding tert-OH is 1. The maximum absolute atomic E-state index is 10.8. The van der Waals surface area contributed by atoms with Crippen molar-refractivity contribution < 1.29 is 9.84 Å². The average molecular weight is 283 g/mol. The standard InChI is InChI=1S/C16H17N3O2/c1-3-19-15(13(21-2)10-18-19)16(20)12-8-4-6-11-7-5-9-17-14(11)12/h4-10,16,20H,3H2,1-2H3. The molecule has 2 heterocycles. The Morgan fingerprint density at radius 2 is 2.10 bits per heavy atom. The molecule has 3 aromatic rings. The van der Waals surface area contributed by atoms with Crippen molar-refractivity contribution >= 4 is 10.9 Å². The summed E-state index contributed by atoms with van der Waals surface area (Å²) in [6.45, 7) is 2.64. The Balaban J connectivity index is 2.17. The third-order valence-electron chi connectivity index (χ3n) is 3.58. The first-order valence-corrected chi connectivity index (χ1v) is 6.87. The lowest BCUT2D eigenvalue weighted by Gasteiger charge is -2.16. The molecule has 3 rings (SSSR count). The number of hydrogen-bond acceptors (Lipinski definition) is 4. The highest BCUT2D eigenvalue weighted by molar-refractivity contribution is 5.82. The zero-order valence-electron chi connectivity index (χ0n) is 12.0. The molecule has 0 spiro atoms. The summed E-state index contributed by atoms with van der Waals surface area (Å²) in [5.41, 5.74) is 2.19. The van der Waals surface area contributed by atoms with E-state index in [0.29, 0.717) is 18.0 Å². The van der Waals surface area contributed by atoms with Gasteiger partial charge in [0.1, 0.15) is 11.8 Å². The smallest absolute Gasteiger partial charge is 0.163 e. The highest BCUT2D eigenvalue weighted by Gasteiger charge is 2.23. The lowest BCUT2D eigenvalue weighted by Crippen LogP contribution is -2.11. The lowest BCUT2D eigenvalue weighted by atomic mass is 10.0. The van der Waals surface area contributed by atoms with E-state index >= 15 is 0 Å². The van der Waals surface area contributed by atoms with E-state index in [-0.39, 0.29) is 0 Å². The quantitative estimate of drug-likeness (QED) is 0.799. The molecule has 5 nitrogen and oxygen atoms in total. The first-order valence-electron chi connectivity index (χ1n) is 6.87. The molecule has 1 unspecified atom stereocenters. The molecule has 0 amide bonds. The minimum atomic E-state index is -0.832. The van der Waals surface area contributed by atoms with Crippen molar-refractivity contribution in [1.82, 2.24) is 14.8 Å². The fourth-order valence-corrected chi connectivity index (χ4v) is 2.56. The maximum Gasteiger partial charge on any atom is 0.163 e. The number of rotatable bonds is 4. The van der Waals surface area contributed by atoms with Gasteiger partial charge in [0.05, 0.1) is 18.8 Å². The van der Waals surface area contributed by atoms with Crippen molar-refractivity contribution in [2.75, 3.05) is 7.11 Å². The molecule has 1 atom stereocenters. The molecule has 0 radical (unpaired) electrons. The average Bonchev–Trinajstić information content (AvgIpc) is 2.96. The van der Waals surface area contributed by atoms with Gasteiger partial charge < -0.3 is 9.84 Å². The van der Waals surface area contributed by atoms with Crippen molar-refractivity contribution in [3.05, 3.63) is 54.0 Å². The predicted molar refractivity (Wildman–Crippen MR) is 80.3 cm³/mol. The molecule has 0 aliphatic carbocycles. The number of hydrogen-bond donors (Lipinski definition) is 1. The summed E-state index contributed by atoms with van der Waals surface area (Å²) in [7, 11) is 1.58. The number of nitrogens with zero attached hydrogens (tertiary/aromatic N) is 3. The summed E-state index contributed by atoms with van der Waals surface area (Å²) in [6, 6.07) is 9.64. The zero-order valence-corrected chi connectivity index (χ0v) is 12.0. The number of para-hydroxylation sites is 1. The van der Waals surface area contributed by atoms with Crippen LogP contribution < -0.4 is 4.74 Å². The summed E-state index contributed by atoms with van der Waals surface area (Å²) in [5.74, 6) is 0.581. The molecule has 21 heavy (non-hydrogen) atoms. The van der Waals surface area contributed by atoms with Gasteiger partial charge in [-0.3, -0.25) is 9.67 Å². The van der Waals surface area contributed by atoms with Crippen LogP contribution in [0.3, 0.4) is 0 Å². The topological polar surface area (TPSA) is 60.2 Å². The molecular weight excluding hydrogens is 266 g/mol. The molecule has 0 aliphatic heterocycles. The largest absolute Gasteiger partial charge is 0.493 e. The summed E-state index contributed by atoms with van der Waals surface area (Å²) in [6.07, 6.45) is 2.52. The number of benzene rings is 1. The van der Waals surface area contributed by atoms with Gasteiger partial charge in [-0.25, -0.2) is 0 Å². The first kappa shape index (κ1) is 13.6. The van der Waals surface area contributed by atoms with E-state index < -0.39 is 6.10 Å². The minimum absolute atomic E-state index is 0.581. The van der Waals surface area contributed by atoms with Gasteiger partial charge in [0.15, 0.2) is 5.75 Å². The molecule has 1 N–H and O–H groups in total. The first-order chi connectivity index (χ1) is 10.3. The molecule has 0 aliphatic rings. The molecule has 0 fully saturated rings. The summed E-state index contributed by atoms with van der Waals surface area (Å²) < 4.78 is 7.06. The molecule has 0 saturated carbocycles. The lowest BCUT2D eigenvalue weighted by molar-refractivity contribution is 0.204. The van der Waals surface area contributed by atoms with Gasteiger partial charge >= 0.3 is 0 Å². The van der Waals surface area contributed by atoms with Crippen LogP contribution >= 0.6 is 0 Å². The fourth-order valence-electron chi connectivity index (χ4n) is 2.56.